The normalized spacial score (nSPS) is 13.1. The van der Waals surface area contributed by atoms with Crippen molar-refractivity contribution < 1.29 is 14.4 Å². The third-order valence-electron chi connectivity index (χ3n) is 3.94. The minimum absolute atomic E-state index is 0.332. The van der Waals surface area contributed by atoms with Crippen molar-refractivity contribution in [2.75, 3.05) is 17.6 Å². The number of amides is 3. The molecule has 0 saturated heterocycles. The van der Waals surface area contributed by atoms with E-state index in [2.05, 4.69) is 5.32 Å². The molecule has 0 unspecified atom stereocenters. The van der Waals surface area contributed by atoms with Crippen molar-refractivity contribution in [3.05, 3.63) is 58.1 Å². The summed E-state index contributed by atoms with van der Waals surface area (Å²) in [5, 5.41) is 3.25. The van der Waals surface area contributed by atoms with Crippen LogP contribution < -0.4 is 5.32 Å². The molecule has 2 aromatic rings. The fraction of sp³-hybridized carbons (Fsp3) is 0.211. The Kier molecular flexibility index (Phi) is 5.34. The van der Waals surface area contributed by atoms with Crippen molar-refractivity contribution in [1.29, 1.82) is 0 Å². The topological polar surface area (TPSA) is 66.5 Å². The van der Waals surface area contributed by atoms with Crippen LogP contribution in [0.25, 0.3) is 0 Å². The third-order valence-corrected chi connectivity index (χ3v) is 5.13. The van der Waals surface area contributed by atoms with Crippen molar-refractivity contribution in [3.8, 4) is 0 Å². The van der Waals surface area contributed by atoms with Gasteiger partial charge in [-0.15, -0.1) is 11.8 Å². The summed E-state index contributed by atoms with van der Waals surface area (Å²) in [5.41, 5.74) is 2.13. The van der Waals surface area contributed by atoms with E-state index in [1.807, 2.05) is 19.9 Å². The summed E-state index contributed by atoms with van der Waals surface area (Å²) < 4.78 is 0. The number of rotatable bonds is 5. The van der Waals surface area contributed by atoms with Crippen molar-refractivity contribution in [3.63, 3.8) is 0 Å². The van der Waals surface area contributed by atoms with Gasteiger partial charge in [0.1, 0.15) is 6.54 Å². The minimum Gasteiger partial charge on any atom is -0.323 e. The highest BCUT2D eigenvalue weighted by atomic mass is 35.5. The third kappa shape index (κ3) is 3.61. The van der Waals surface area contributed by atoms with Crippen LogP contribution in [0.15, 0.2) is 41.3 Å². The van der Waals surface area contributed by atoms with Gasteiger partial charge in [-0.05, 0) is 43.0 Å². The lowest BCUT2D eigenvalue weighted by molar-refractivity contribution is -0.116. The van der Waals surface area contributed by atoms with E-state index in [1.54, 1.807) is 42.1 Å². The molecule has 5 nitrogen and oxygen atoms in total. The first-order chi connectivity index (χ1) is 12.4. The zero-order valence-electron chi connectivity index (χ0n) is 14.3. The molecule has 0 spiro atoms. The molecular weight excluding hydrogens is 372 g/mol. The highest BCUT2D eigenvalue weighted by Gasteiger charge is 2.36. The zero-order chi connectivity index (χ0) is 18.8. The fourth-order valence-electron chi connectivity index (χ4n) is 2.76. The molecule has 1 N–H and O–H groups in total. The van der Waals surface area contributed by atoms with Gasteiger partial charge in [-0.2, -0.15) is 0 Å². The second kappa shape index (κ2) is 7.51. The van der Waals surface area contributed by atoms with E-state index in [0.29, 0.717) is 21.8 Å². The van der Waals surface area contributed by atoms with Gasteiger partial charge < -0.3 is 5.32 Å². The highest BCUT2D eigenvalue weighted by Crippen LogP contribution is 2.30. The summed E-state index contributed by atoms with van der Waals surface area (Å²) in [7, 11) is 0. The van der Waals surface area contributed by atoms with E-state index < -0.39 is 17.7 Å². The number of nitrogens with one attached hydrogen (secondary N) is 1. The monoisotopic (exact) mass is 388 g/mol. The first-order valence-corrected chi connectivity index (χ1v) is 9.46. The summed E-state index contributed by atoms with van der Waals surface area (Å²) in [5.74, 6) is -0.508. The van der Waals surface area contributed by atoms with Gasteiger partial charge in [0.25, 0.3) is 11.8 Å². The first kappa shape index (κ1) is 18.5. The van der Waals surface area contributed by atoms with Crippen molar-refractivity contribution in [2.45, 2.75) is 18.7 Å². The van der Waals surface area contributed by atoms with Crippen LogP contribution >= 0.6 is 23.4 Å². The average Bonchev–Trinajstić information content (AvgIpc) is 2.82. The lowest BCUT2D eigenvalue weighted by Crippen LogP contribution is -2.37. The molecule has 0 saturated carbocycles. The van der Waals surface area contributed by atoms with E-state index in [1.165, 1.54) is 0 Å². The van der Waals surface area contributed by atoms with Gasteiger partial charge in [-0.3, -0.25) is 19.3 Å². The molecule has 0 aliphatic carbocycles. The SMILES string of the molecule is CCSc1ccc(Cl)cc1NC(=O)CN1C(=O)c2ccc(C)cc2C1=O. The van der Waals surface area contributed by atoms with E-state index in [4.69, 9.17) is 11.6 Å². The predicted octanol–water partition coefficient (Wildman–Crippen LogP) is 4.00. The maximum absolute atomic E-state index is 12.5. The Hall–Kier alpha value is -2.31. The molecule has 7 heteroatoms. The Morgan fingerprint density at radius 3 is 2.58 bits per heavy atom. The van der Waals surface area contributed by atoms with Crippen LogP contribution in [0.1, 0.15) is 33.2 Å². The molecular formula is C19H17ClN2O3S. The lowest BCUT2D eigenvalue weighted by Gasteiger charge is -2.15. The van der Waals surface area contributed by atoms with Crippen LogP contribution in [0.4, 0.5) is 5.69 Å². The van der Waals surface area contributed by atoms with Crippen LogP contribution in [-0.2, 0) is 4.79 Å². The molecule has 1 heterocycles. The molecule has 0 bridgehead atoms. The number of hydrogen-bond donors (Lipinski definition) is 1. The number of anilines is 1. The van der Waals surface area contributed by atoms with Gasteiger partial charge in [0, 0.05) is 9.92 Å². The zero-order valence-corrected chi connectivity index (χ0v) is 15.9. The second-order valence-electron chi connectivity index (χ2n) is 5.87. The number of aryl methyl sites for hydroxylation is 1. The molecule has 134 valence electrons. The minimum atomic E-state index is -0.450. The van der Waals surface area contributed by atoms with E-state index >= 15 is 0 Å². The summed E-state index contributed by atoms with van der Waals surface area (Å²) in [4.78, 5) is 39.2. The molecule has 1 aliphatic rings. The van der Waals surface area contributed by atoms with Crippen LogP contribution in [0.5, 0.6) is 0 Å². The smallest absolute Gasteiger partial charge is 0.262 e. The molecule has 3 rings (SSSR count). The molecule has 2 aromatic carbocycles. The Bertz CT molecular complexity index is 914. The molecule has 26 heavy (non-hydrogen) atoms. The maximum atomic E-state index is 12.5. The van der Waals surface area contributed by atoms with Crippen molar-refractivity contribution in [2.24, 2.45) is 0 Å². The molecule has 0 radical (unpaired) electrons. The van der Waals surface area contributed by atoms with Gasteiger partial charge in [0.05, 0.1) is 16.8 Å². The van der Waals surface area contributed by atoms with E-state index in [0.717, 1.165) is 21.1 Å². The number of carbonyl (C=O) groups is 3. The average molecular weight is 389 g/mol. The molecule has 0 atom stereocenters. The Morgan fingerprint density at radius 2 is 1.85 bits per heavy atom. The van der Waals surface area contributed by atoms with Crippen molar-refractivity contribution >= 4 is 46.8 Å². The Labute approximate surface area is 160 Å². The van der Waals surface area contributed by atoms with Crippen LogP contribution in [0.2, 0.25) is 5.02 Å². The van der Waals surface area contributed by atoms with Gasteiger partial charge in [-0.25, -0.2) is 0 Å². The highest BCUT2D eigenvalue weighted by molar-refractivity contribution is 7.99. The number of thioether (sulfide) groups is 1. The number of nitrogens with zero attached hydrogens (tertiary/aromatic N) is 1. The quantitative estimate of drug-likeness (QED) is 0.621. The van der Waals surface area contributed by atoms with Gasteiger partial charge >= 0.3 is 0 Å². The Morgan fingerprint density at radius 1 is 1.12 bits per heavy atom. The van der Waals surface area contributed by atoms with Crippen molar-refractivity contribution in [1.82, 2.24) is 4.90 Å². The molecule has 3 amide bonds. The summed E-state index contributed by atoms with van der Waals surface area (Å²) in [6.07, 6.45) is 0. The van der Waals surface area contributed by atoms with Crippen LogP contribution in [0.3, 0.4) is 0 Å². The maximum Gasteiger partial charge on any atom is 0.262 e. The van der Waals surface area contributed by atoms with E-state index in [9.17, 15) is 14.4 Å². The number of imide groups is 1. The standard InChI is InChI=1S/C19H17ClN2O3S/c1-3-26-16-7-5-12(20)9-15(16)21-17(23)10-22-18(24)13-6-4-11(2)8-14(13)19(22)25/h4-9H,3,10H2,1-2H3,(H,21,23). The van der Waals surface area contributed by atoms with Crippen LogP contribution in [-0.4, -0.2) is 34.9 Å². The number of halogens is 1. The first-order valence-electron chi connectivity index (χ1n) is 8.09. The molecule has 0 fully saturated rings. The number of hydrogen-bond acceptors (Lipinski definition) is 4. The number of carbonyl (C=O) groups excluding carboxylic acids is 3. The molecule has 1 aliphatic heterocycles. The van der Waals surface area contributed by atoms with Gasteiger partial charge in [-0.1, -0.05) is 30.2 Å². The fourth-order valence-corrected chi connectivity index (χ4v) is 3.68. The van der Waals surface area contributed by atoms with Gasteiger partial charge in [0.2, 0.25) is 5.91 Å². The summed E-state index contributed by atoms with van der Waals surface area (Å²) in [6.45, 7) is 3.51. The number of benzene rings is 2. The Balaban J connectivity index is 1.77. The largest absolute Gasteiger partial charge is 0.323 e. The van der Waals surface area contributed by atoms with E-state index in [-0.39, 0.29) is 6.54 Å². The predicted molar refractivity (Wildman–Crippen MR) is 103 cm³/mol. The summed E-state index contributed by atoms with van der Waals surface area (Å²) >= 11 is 7.58. The summed E-state index contributed by atoms with van der Waals surface area (Å²) in [6, 6.07) is 10.3. The second-order valence-corrected chi connectivity index (χ2v) is 7.61. The number of fused-ring (bicyclic) bond motifs is 1. The lowest BCUT2D eigenvalue weighted by atomic mass is 10.1. The molecule has 0 aromatic heterocycles. The van der Waals surface area contributed by atoms with Crippen LogP contribution in [0, 0.1) is 6.92 Å². The van der Waals surface area contributed by atoms with Gasteiger partial charge in [0.15, 0.2) is 0 Å².